The molecular weight excluding hydrogens is 242 g/mol. The lowest BCUT2D eigenvalue weighted by molar-refractivity contribution is -0.150. The van der Waals surface area contributed by atoms with Crippen LogP contribution >= 0.6 is 0 Å². The summed E-state index contributed by atoms with van der Waals surface area (Å²) in [6.45, 7) is 8.02. The third kappa shape index (κ3) is 4.56. The van der Waals surface area contributed by atoms with E-state index in [1.807, 2.05) is 24.3 Å². The topological polar surface area (TPSA) is 61.5 Å². The second-order valence-electron chi connectivity index (χ2n) is 5.15. The van der Waals surface area contributed by atoms with Gasteiger partial charge in [0.15, 0.2) is 0 Å². The molecule has 0 saturated heterocycles. The van der Waals surface area contributed by atoms with Gasteiger partial charge < -0.3 is 15.2 Å². The fourth-order valence-electron chi connectivity index (χ4n) is 1.54. The summed E-state index contributed by atoms with van der Waals surface area (Å²) in [6, 6.07) is 7.80. The molecule has 0 bridgehead atoms. The highest BCUT2D eigenvalue weighted by atomic mass is 16.5. The third-order valence-electron chi connectivity index (χ3n) is 2.83. The van der Waals surface area contributed by atoms with Crippen molar-refractivity contribution in [2.24, 2.45) is 5.73 Å². The van der Waals surface area contributed by atoms with Crippen LogP contribution in [0.15, 0.2) is 24.3 Å². The van der Waals surface area contributed by atoms with E-state index in [1.54, 1.807) is 13.8 Å². The smallest absolute Gasteiger partial charge is 0.329 e. The minimum Gasteiger partial charge on any atom is -0.491 e. The zero-order chi connectivity index (χ0) is 14.5. The molecule has 106 valence electrons. The van der Waals surface area contributed by atoms with Gasteiger partial charge >= 0.3 is 5.97 Å². The van der Waals surface area contributed by atoms with Gasteiger partial charge in [0, 0.05) is 0 Å². The summed E-state index contributed by atoms with van der Waals surface area (Å²) in [5.74, 6) is 0.729. The molecule has 0 radical (unpaired) electrons. The molecule has 0 saturated carbocycles. The van der Waals surface area contributed by atoms with Crippen molar-refractivity contribution in [1.29, 1.82) is 0 Å². The molecule has 1 atom stereocenters. The number of hydrogen-bond donors (Lipinski definition) is 1. The van der Waals surface area contributed by atoms with Gasteiger partial charge in [-0.05, 0) is 37.5 Å². The average molecular weight is 265 g/mol. The maximum absolute atomic E-state index is 11.6. The van der Waals surface area contributed by atoms with Gasteiger partial charge in [0.25, 0.3) is 0 Å². The molecule has 1 unspecified atom stereocenters. The first kappa shape index (κ1) is 15.5. The van der Waals surface area contributed by atoms with Crippen LogP contribution in [-0.2, 0) is 9.53 Å². The van der Waals surface area contributed by atoms with E-state index in [0.29, 0.717) is 18.3 Å². The number of nitrogens with two attached hydrogens (primary N) is 1. The van der Waals surface area contributed by atoms with E-state index >= 15 is 0 Å². The van der Waals surface area contributed by atoms with Gasteiger partial charge in [-0.1, -0.05) is 26.0 Å². The molecule has 19 heavy (non-hydrogen) atoms. The Morgan fingerprint density at radius 1 is 1.32 bits per heavy atom. The predicted octanol–water partition coefficient (Wildman–Crippen LogP) is 2.47. The van der Waals surface area contributed by atoms with Crippen molar-refractivity contribution in [2.75, 3.05) is 13.2 Å². The molecule has 2 N–H and O–H groups in total. The number of hydrogen-bond acceptors (Lipinski definition) is 4. The van der Waals surface area contributed by atoms with Crippen molar-refractivity contribution < 1.29 is 14.3 Å². The molecule has 0 spiro atoms. The van der Waals surface area contributed by atoms with Crippen molar-refractivity contribution in [3.8, 4) is 5.75 Å². The number of ether oxygens (including phenoxy) is 2. The largest absolute Gasteiger partial charge is 0.491 e. The molecule has 0 aliphatic rings. The molecule has 0 aliphatic carbocycles. The van der Waals surface area contributed by atoms with Crippen molar-refractivity contribution in [3.63, 3.8) is 0 Å². The normalized spacial score (nSPS) is 14.0. The van der Waals surface area contributed by atoms with Crippen LogP contribution in [0.5, 0.6) is 5.75 Å². The quantitative estimate of drug-likeness (QED) is 0.803. The van der Waals surface area contributed by atoms with Gasteiger partial charge in [-0.25, -0.2) is 4.79 Å². The Labute approximate surface area is 114 Å². The van der Waals surface area contributed by atoms with Crippen LogP contribution in [0.4, 0.5) is 0 Å². The third-order valence-corrected chi connectivity index (χ3v) is 2.83. The monoisotopic (exact) mass is 265 g/mol. The second kappa shape index (κ2) is 6.57. The molecule has 1 rings (SSSR count). The number of rotatable bonds is 6. The van der Waals surface area contributed by atoms with Gasteiger partial charge in [0.1, 0.15) is 17.9 Å². The Kier molecular flexibility index (Phi) is 5.36. The van der Waals surface area contributed by atoms with E-state index in [0.717, 1.165) is 0 Å². The van der Waals surface area contributed by atoms with E-state index in [-0.39, 0.29) is 6.61 Å². The van der Waals surface area contributed by atoms with Crippen LogP contribution in [-0.4, -0.2) is 24.7 Å². The zero-order valence-electron chi connectivity index (χ0n) is 12.1. The fourth-order valence-corrected chi connectivity index (χ4v) is 1.54. The predicted molar refractivity (Wildman–Crippen MR) is 75.3 cm³/mol. The van der Waals surface area contributed by atoms with Crippen molar-refractivity contribution in [3.05, 3.63) is 29.8 Å². The fraction of sp³-hybridized carbons (Fsp3) is 0.533. The number of carbonyl (C=O) groups is 1. The van der Waals surface area contributed by atoms with Crippen LogP contribution < -0.4 is 10.5 Å². The van der Waals surface area contributed by atoms with Crippen molar-refractivity contribution in [1.82, 2.24) is 0 Å². The molecule has 0 heterocycles. The number of carbonyl (C=O) groups excluding carboxylic acids is 1. The Morgan fingerprint density at radius 2 is 1.89 bits per heavy atom. The van der Waals surface area contributed by atoms with Crippen LogP contribution in [0, 0.1) is 0 Å². The summed E-state index contributed by atoms with van der Waals surface area (Å²) in [6.07, 6.45) is 0. The average Bonchev–Trinajstić information content (AvgIpc) is 2.37. The number of esters is 1. The Bertz CT molecular complexity index is 410. The highest BCUT2D eigenvalue weighted by molar-refractivity contribution is 5.80. The van der Waals surface area contributed by atoms with Gasteiger partial charge in [-0.15, -0.1) is 0 Å². The van der Waals surface area contributed by atoms with Crippen LogP contribution in [0.25, 0.3) is 0 Å². The lowest BCUT2D eigenvalue weighted by atomic mass is 10.0. The first-order valence-corrected chi connectivity index (χ1v) is 6.55. The molecule has 0 amide bonds. The molecule has 1 aromatic carbocycles. The maximum atomic E-state index is 11.6. The number of benzene rings is 1. The maximum Gasteiger partial charge on any atom is 0.329 e. The molecule has 4 heteroatoms. The van der Waals surface area contributed by atoms with Gasteiger partial charge in [0.2, 0.25) is 0 Å². The SMILES string of the molecule is CCOC(=O)C(C)(N)COc1ccc(C(C)C)cc1. The van der Waals surface area contributed by atoms with Crippen molar-refractivity contribution >= 4 is 5.97 Å². The molecule has 0 aliphatic heterocycles. The summed E-state index contributed by atoms with van der Waals surface area (Å²) in [7, 11) is 0. The van der Waals surface area contributed by atoms with Gasteiger partial charge in [-0.3, -0.25) is 0 Å². The van der Waals surface area contributed by atoms with Crippen LogP contribution in [0.3, 0.4) is 0 Å². The lowest BCUT2D eigenvalue weighted by Crippen LogP contribution is -2.51. The Morgan fingerprint density at radius 3 is 2.37 bits per heavy atom. The summed E-state index contributed by atoms with van der Waals surface area (Å²) < 4.78 is 10.4. The Hall–Kier alpha value is -1.55. The first-order chi connectivity index (χ1) is 8.86. The standard InChI is InChI=1S/C15H23NO3/c1-5-18-14(17)15(4,16)10-19-13-8-6-12(7-9-13)11(2)3/h6-9,11H,5,10,16H2,1-4H3. The molecular formula is C15H23NO3. The van der Waals surface area contributed by atoms with E-state index in [4.69, 9.17) is 15.2 Å². The van der Waals surface area contributed by atoms with E-state index < -0.39 is 11.5 Å². The first-order valence-electron chi connectivity index (χ1n) is 6.55. The van der Waals surface area contributed by atoms with Crippen LogP contribution in [0.1, 0.15) is 39.2 Å². The molecule has 0 fully saturated rings. The summed E-state index contributed by atoms with van der Waals surface area (Å²) in [5, 5.41) is 0. The minimum atomic E-state index is -1.13. The van der Waals surface area contributed by atoms with E-state index in [1.165, 1.54) is 5.56 Å². The Balaban J connectivity index is 2.58. The van der Waals surface area contributed by atoms with Crippen molar-refractivity contribution in [2.45, 2.75) is 39.2 Å². The lowest BCUT2D eigenvalue weighted by Gasteiger charge is -2.22. The zero-order valence-corrected chi connectivity index (χ0v) is 12.1. The summed E-state index contributed by atoms with van der Waals surface area (Å²) >= 11 is 0. The summed E-state index contributed by atoms with van der Waals surface area (Å²) in [4.78, 5) is 11.6. The van der Waals surface area contributed by atoms with Gasteiger partial charge in [0.05, 0.1) is 6.61 Å². The molecule has 0 aromatic heterocycles. The van der Waals surface area contributed by atoms with E-state index in [2.05, 4.69) is 13.8 Å². The van der Waals surface area contributed by atoms with Gasteiger partial charge in [-0.2, -0.15) is 0 Å². The van der Waals surface area contributed by atoms with E-state index in [9.17, 15) is 4.79 Å². The highest BCUT2D eigenvalue weighted by Gasteiger charge is 2.31. The highest BCUT2D eigenvalue weighted by Crippen LogP contribution is 2.19. The molecule has 1 aromatic rings. The van der Waals surface area contributed by atoms with Crippen LogP contribution in [0.2, 0.25) is 0 Å². The summed E-state index contributed by atoms with van der Waals surface area (Å²) in [5.41, 5.74) is 5.98. The molecule has 4 nitrogen and oxygen atoms in total. The minimum absolute atomic E-state index is 0.0901. The second-order valence-corrected chi connectivity index (χ2v) is 5.15.